The number of thioether (sulfide) groups is 1. The van der Waals surface area contributed by atoms with Gasteiger partial charge in [0.25, 0.3) is 0 Å². The van der Waals surface area contributed by atoms with Crippen LogP contribution in [0.25, 0.3) is 0 Å². The van der Waals surface area contributed by atoms with Crippen LogP contribution in [0.2, 0.25) is 0 Å². The maximum Gasteiger partial charge on any atom is 0.238 e. The monoisotopic (exact) mass is 266 g/mol. The Kier molecular flexibility index (Phi) is 4.90. The van der Waals surface area contributed by atoms with E-state index in [0.717, 1.165) is 22.9 Å². The molecule has 1 heterocycles. The van der Waals surface area contributed by atoms with Crippen LogP contribution in [-0.4, -0.2) is 30.2 Å². The van der Waals surface area contributed by atoms with Gasteiger partial charge in [-0.05, 0) is 13.0 Å². The highest BCUT2D eigenvalue weighted by Crippen LogP contribution is 2.17. The molecule has 2 rings (SSSR count). The molecule has 0 unspecified atom stereocenters. The zero-order valence-electron chi connectivity index (χ0n) is 10.4. The van der Waals surface area contributed by atoms with Crippen molar-refractivity contribution in [2.75, 3.05) is 18.2 Å². The maximum absolute atomic E-state index is 11.9. The lowest BCUT2D eigenvalue weighted by atomic mass is 10.2. The van der Waals surface area contributed by atoms with Crippen molar-refractivity contribution in [2.24, 2.45) is 0 Å². The third-order valence-electron chi connectivity index (χ3n) is 2.76. The van der Waals surface area contributed by atoms with E-state index in [0.29, 0.717) is 13.2 Å². The van der Waals surface area contributed by atoms with Gasteiger partial charge in [-0.25, -0.2) is 0 Å². The van der Waals surface area contributed by atoms with E-state index in [4.69, 9.17) is 4.74 Å². The molecule has 1 aliphatic rings. The molecule has 0 bridgehead atoms. The molecule has 4 nitrogen and oxygen atoms in total. The lowest BCUT2D eigenvalue weighted by molar-refractivity contribution is -0.122. The van der Waals surface area contributed by atoms with Gasteiger partial charge >= 0.3 is 0 Å². The molecule has 2 N–H and O–H groups in total. The minimum absolute atomic E-state index is 0.0609. The summed E-state index contributed by atoms with van der Waals surface area (Å²) in [6.07, 6.45) is 0. The lowest BCUT2D eigenvalue weighted by Crippen LogP contribution is -2.41. The largest absolute Gasteiger partial charge is 0.494 e. The Balaban J connectivity index is 1.90. The molecule has 1 aromatic rings. The molecule has 1 amide bonds. The Morgan fingerprint density at radius 2 is 2.39 bits per heavy atom. The van der Waals surface area contributed by atoms with E-state index in [1.54, 1.807) is 11.8 Å². The molecule has 1 saturated heterocycles. The van der Waals surface area contributed by atoms with Crippen LogP contribution in [0.3, 0.4) is 0 Å². The molecule has 98 valence electrons. The van der Waals surface area contributed by atoms with E-state index in [9.17, 15) is 4.79 Å². The first-order chi connectivity index (χ1) is 8.81. The SMILES string of the molecule is CCOc1ccccc1CNC(=O)[C@H]1CSCN1. The molecule has 0 aliphatic carbocycles. The first-order valence-electron chi connectivity index (χ1n) is 6.10. The van der Waals surface area contributed by atoms with Gasteiger partial charge in [0, 0.05) is 23.7 Å². The second-order valence-corrected chi connectivity index (χ2v) is 5.06. The average molecular weight is 266 g/mol. The van der Waals surface area contributed by atoms with Crippen LogP contribution < -0.4 is 15.4 Å². The number of carbonyl (C=O) groups excluding carboxylic acids is 1. The first-order valence-corrected chi connectivity index (χ1v) is 7.26. The number of hydrogen-bond acceptors (Lipinski definition) is 4. The molecule has 0 saturated carbocycles. The zero-order chi connectivity index (χ0) is 12.8. The number of rotatable bonds is 5. The average Bonchev–Trinajstić information content (AvgIpc) is 2.92. The number of benzene rings is 1. The van der Waals surface area contributed by atoms with E-state index in [1.807, 2.05) is 31.2 Å². The number of amides is 1. The second kappa shape index (κ2) is 6.66. The summed E-state index contributed by atoms with van der Waals surface area (Å²) in [4.78, 5) is 11.9. The van der Waals surface area contributed by atoms with Gasteiger partial charge in [0.05, 0.1) is 12.6 Å². The predicted molar refractivity (Wildman–Crippen MR) is 73.7 cm³/mol. The van der Waals surface area contributed by atoms with Crippen molar-refractivity contribution in [1.82, 2.24) is 10.6 Å². The van der Waals surface area contributed by atoms with Crippen LogP contribution in [0.4, 0.5) is 0 Å². The molecule has 18 heavy (non-hydrogen) atoms. The smallest absolute Gasteiger partial charge is 0.238 e. The third-order valence-corrected chi connectivity index (χ3v) is 3.70. The van der Waals surface area contributed by atoms with Gasteiger partial charge in [0.2, 0.25) is 5.91 Å². The Morgan fingerprint density at radius 1 is 1.56 bits per heavy atom. The Labute approximate surface area is 111 Å². The highest BCUT2D eigenvalue weighted by Gasteiger charge is 2.22. The summed E-state index contributed by atoms with van der Waals surface area (Å²) in [5.74, 6) is 2.60. The summed E-state index contributed by atoms with van der Waals surface area (Å²) in [7, 11) is 0. The van der Waals surface area contributed by atoms with Crippen LogP contribution in [0, 0.1) is 0 Å². The lowest BCUT2D eigenvalue weighted by Gasteiger charge is -2.13. The predicted octanol–water partition coefficient (Wildman–Crippen LogP) is 1.36. The van der Waals surface area contributed by atoms with E-state index < -0.39 is 0 Å². The van der Waals surface area contributed by atoms with Crippen molar-refractivity contribution in [3.63, 3.8) is 0 Å². The van der Waals surface area contributed by atoms with E-state index in [1.165, 1.54) is 0 Å². The van der Waals surface area contributed by atoms with Gasteiger partial charge in [-0.1, -0.05) is 18.2 Å². The number of hydrogen-bond donors (Lipinski definition) is 2. The standard InChI is InChI=1S/C13H18N2O2S/c1-2-17-12-6-4-3-5-10(12)7-14-13(16)11-8-18-9-15-11/h3-6,11,15H,2,7-9H2,1H3,(H,14,16)/t11-/m1/s1. The minimum atomic E-state index is -0.0609. The normalized spacial score (nSPS) is 18.6. The van der Waals surface area contributed by atoms with Crippen LogP contribution in [0.5, 0.6) is 5.75 Å². The Morgan fingerprint density at radius 3 is 3.11 bits per heavy atom. The number of ether oxygens (including phenoxy) is 1. The van der Waals surface area contributed by atoms with Crippen LogP contribution >= 0.6 is 11.8 Å². The number of carbonyl (C=O) groups is 1. The fourth-order valence-electron chi connectivity index (χ4n) is 1.82. The van der Waals surface area contributed by atoms with Crippen LogP contribution in [0.15, 0.2) is 24.3 Å². The fraction of sp³-hybridized carbons (Fsp3) is 0.462. The van der Waals surface area contributed by atoms with E-state index >= 15 is 0 Å². The van der Waals surface area contributed by atoms with E-state index in [-0.39, 0.29) is 11.9 Å². The highest BCUT2D eigenvalue weighted by atomic mass is 32.2. The quantitative estimate of drug-likeness (QED) is 0.845. The molecule has 5 heteroatoms. The summed E-state index contributed by atoms with van der Waals surface area (Å²) in [6.45, 7) is 3.10. The molecule has 1 atom stereocenters. The summed E-state index contributed by atoms with van der Waals surface area (Å²) in [6, 6.07) is 7.73. The fourth-order valence-corrected chi connectivity index (χ4v) is 2.76. The van der Waals surface area contributed by atoms with Gasteiger partial charge < -0.3 is 10.1 Å². The van der Waals surface area contributed by atoms with Gasteiger partial charge in [-0.2, -0.15) is 0 Å². The van der Waals surface area contributed by atoms with Crippen molar-refractivity contribution in [3.05, 3.63) is 29.8 Å². The third kappa shape index (κ3) is 3.40. The van der Waals surface area contributed by atoms with Crippen molar-refractivity contribution in [1.29, 1.82) is 0 Å². The highest BCUT2D eigenvalue weighted by molar-refractivity contribution is 7.99. The zero-order valence-corrected chi connectivity index (χ0v) is 11.3. The molecule has 1 aromatic carbocycles. The summed E-state index contributed by atoms with van der Waals surface area (Å²) in [5, 5.41) is 6.10. The van der Waals surface area contributed by atoms with Gasteiger partial charge in [0.15, 0.2) is 0 Å². The Hall–Kier alpha value is -1.20. The second-order valence-electron chi connectivity index (χ2n) is 4.03. The van der Waals surface area contributed by atoms with Gasteiger partial charge in [-0.15, -0.1) is 11.8 Å². The number of para-hydroxylation sites is 1. The van der Waals surface area contributed by atoms with Crippen LogP contribution in [0.1, 0.15) is 12.5 Å². The molecular formula is C13H18N2O2S. The molecule has 0 spiro atoms. The number of nitrogens with one attached hydrogen (secondary N) is 2. The molecule has 1 aliphatic heterocycles. The van der Waals surface area contributed by atoms with Crippen molar-refractivity contribution in [2.45, 2.75) is 19.5 Å². The van der Waals surface area contributed by atoms with Crippen molar-refractivity contribution < 1.29 is 9.53 Å². The molecule has 0 aromatic heterocycles. The van der Waals surface area contributed by atoms with Gasteiger partial charge in [0.1, 0.15) is 5.75 Å². The van der Waals surface area contributed by atoms with Gasteiger partial charge in [-0.3, -0.25) is 10.1 Å². The maximum atomic E-state index is 11.9. The van der Waals surface area contributed by atoms with E-state index in [2.05, 4.69) is 10.6 Å². The Bertz CT molecular complexity index is 406. The van der Waals surface area contributed by atoms with Crippen LogP contribution in [-0.2, 0) is 11.3 Å². The van der Waals surface area contributed by atoms with Crippen molar-refractivity contribution >= 4 is 17.7 Å². The molecule has 1 fully saturated rings. The molecular weight excluding hydrogens is 248 g/mol. The molecule has 0 radical (unpaired) electrons. The topological polar surface area (TPSA) is 50.4 Å². The summed E-state index contributed by atoms with van der Waals surface area (Å²) < 4.78 is 5.52. The summed E-state index contributed by atoms with van der Waals surface area (Å²) in [5.41, 5.74) is 1.01. The first kappa shape index (κ1) is 13.2. The summed E-state index contributed by atoms with van der Waals surface area (Å²) >= 11 is 1.75. The van der Waals surface area contributed by atoms with Crippen molar-refractivity contribution in [3.8, 4) is 5.75 Å². The minimum Gasteiger partial charge on any atom is -0.494 e.